The first-order valence-electron chi connectivity index (χ1n) is 10.7. The van der Waals surface area contributed by atoms with Crippen molar-refractivity contribution in [3.8, 4) is 0 Å². The Kier molecular flexibility index (Phi) is 10.8. The number of carbonyl (C=O) groups excluding carboxylic acids is 4. The highest BCUT2D eigenvalue weighted by Crippen LogP contribution is 2.06. The summed E-state index contributed by atoms with van der Waals surface area (Å²) < 4.78 is 10.0. The third-order valence-corrected chi connectivity index (χ3v) is 4.63. The van der Waals surface area contributed by atoms with Crippen LogP contribution in [0.3, 0.4) is 0 Å². The van der Waals surface area contributed by atoms with E-state index in [0.29, 0.717) is 0 Å². The molecule has 9 nitrogen and oxygen atoms in total. The molecule has 3 N–H and O–H groups in total. The van der Waals surface area contributed by atoms with Gasteiger partial charge in [0.2, 0.25) is 11.8 Å². The van der Waals surface area contributed by atoms with Crippen LogP contribution in [0.2, 0.25) is 0 Å². The topological polar surface area (TPSA) is 123 Å². The molecule has 9 heteroatoms. The van der Waals surface area contributed by atoms with Gasteiger partial charge in [-0.1, -0.05) is 73.3 Å². The Morgan fingerprint density at radius 1 is 0.882 bits per heavy atom. The summed E-state index contributed by atoms with van der Waals surface area (Å²) >= 11 is 0. The number of alkyl carbamates (subject to hydrolysis) is 1. The van der Waals surface area contributed by atoms with Crippen molar-refractivity contribution < 1.29 is 28.7 Å². The van der Waals surface area contributed by atoms with E-state index in [0.717, 1.165) is 11.1 Å². The third kappa shape index (κ3) is 9.56. The van der Waals surface area contributed by atoms with E-state index in [4.69, 9.17) is 9.47 Å². The molecule has 0 radical (unpaired) electrons. The summed E-state index contributed by atoms with van der Waals surface area (Å²) in [6, 6.07) is 16.3. The van der Waals surface area contributed by atoms with Crippen LogP contribution in [0, 0.1) is 0 Å². The Morgan fingerprint density at radius 2 is 1.50 bits per heavy atom. The van der Waals surface area contributed by atoms with E-state index in [-0.39, 0.29) is 26.2 Å². The number of nitrogens with one attached hydrogen (secondary N) is 3. The van der Waals surface area contributed by atoms with Gasteiger partial charge in [0.25, 0.3) is 0 Å². The standard InChI is InChI=1S/C25H29N3O6/c1-3-14-33-22(29)16-26-23(30)18(2)27-24(31)21(15-19-10-6-4-7-11-19)28-25(32)34-17-20-12-8-5-9-13-20/h3-13,18,21H,1,14-17H2,2H3,(H,26,30)(H,27,31)(H,28,32)/t18-,21-/m0/s1. The van der Waals surface area contributed by atoms with Gasteiger partial charge in [-0.3, -0.25) is 14.4 Å². The van der Waals surface area contributed by atoms with E-state index in [1.165, 1.54) is 13.0 Å². The van der Waals surface area contributed by atoms with Crippen molar-refractivity contribution in [1.82, 2.24) is 16.0 Å². The molecule has 0 aliphatic rings. The maximum Gasteiger partial charge on any atom is 0.408 e. The average Bonchev–Trinajstić information content (AvgIpc) is 2.85. The van der Waals surface area contributed by atoms with Crippen molar-refractivity contribution in [3.63, 3.8) is 0 Å². The van der Waals surface area contributed by atoms with Crippen LogP contribution in [-0.2, 0) is 36.9 Å². The SMILES string of the molecule is C=CCOC(=O)CNC(=O)[C@H](C)NC(=O)[C@H](Cc1ccccc1)NC(=O)OCc1ccccc1. The fourth-order valence-electron chi connectivity index (χ4n) is 2.86. The van der Waals surface area contributed by atoms with Crippen LogP contribution >= 0.6 is 0 Å². The van der Waals surface area contributed by atoms with Crippen molar-refractivity contribution in [3.05, 3.63) is 84.4 Å². The maximum atomic E-state index is 12.9. The minimum absolute atomic E-state index is 0.0359. The highest BCUT2D eigenvalue weighted by atomic mass is 16.5. The molecule has 0 aliphatic carbocycles. The molecule has 2 aromatic rings. The van der Waals surface area contributed by atoms with E-state index in [2.05, 4.69) is 22.5 Å². The summed E-state index contributed by atoms with van der Waals surface area (Å²) in [6.07, 6.45) is 0.838. The highest BCUT2D eigenvalue weighted by molar-refractivity contribution is 5.92. The molecular weight excluding hydrogens is 438 g/mol. The Bertz CT molecular complexity index is 965. The van der Waals surface area contributed by atoms with Crippen molar-refractivity contribution in [1.29, 1.82) is 0 Å². The zero-order valence-electron chi connectivity index (χ0n) is 19.0. The molecule has 180 valence electrons. The lowest BCUT2D eigenvalue weighted by Crippen LogP contribution is -2.53. The first-order chi connectivity index (χ1) is 16.4. The first-order valence-corrected chi connectivity index (χ1v) is 10.7. The lowest BCUT2D eigenvalue weighted by molar-refractivity contribution is -0.143. The zero-order valence-corrected chi connectivity index (χ0v) is 19.0. The number of hydrogen-bond donors (Lipinski definition) is 3. The van der Waals surface area contributed by atoms with E-state index in [1.807, 2.05) is 60.7 Å². The number of amides is 3. The van der Waals surface area contributed by atoms with Gasteiger partial charge in [0.05, 0.1) is 0 Å². The molecule has 34 heavy (non-hydrogen) atoms. The Morgan fingerprint density at radius 3 is 2.12 bits per heavy atom. The number of carbonyl (C=O) groups is 4. The number of rotatable bonds is 12. The highest BCUT2D eigenvalue weighted by Gasteiger charge is 2.25. The second-order valence-corrected chi connectivity index (χ2v) is 7.37. The van der Waals surface area contributed by atoms with Crippen LogP contribution in [0.4, 0.5) is 4.79 Å². The second kappa shape index (κ2) is 14.1. The molecule has 2 rings (SSSR count). The molecule has 0 heterocycles. The van der Waals surface area contributed by atoms with Crippen LogP contribution in [0.15, 0.2) is 73.3 Å². The minimum Gasteiger partial charge on any atom is -0.460 e. The largest absolute Gasteiger partial charge is 0.460 e. The summed E-state index contributed by atoms with van der Waals surface area (Å²) in [5, 5.41) is 7.51. The lowest BCUT2D eigenvalue weighted by atomic mass is 10.1. The van der Waals surface area contributed by atoms with Gasteiger partial charge in [-0.25, -0.2) is 4.79 Å². The van der Waals surface area contributed by atoms with E-state index in [1.54, 1.807) is 0 Å². The monoisotopic (exact) mass is 467 g/mol. The van der Waals surface area contributed by atoms with Gasteiger partial charge in [-0.05, 0) is 18.1 Å². The van der Waals surface area contributed by atoms with Crippen molar-refractivity contribution in [2.24, 2.45) is 0 Å². The van der Waals surface area contributed by atoms with Crippen LogP contribution in [0.1, 0.15) is 18.1 Å². The van der Waals surface area contributed by atoms with Gasteiger partial charge in [0.15, 0.2) is 0 Å². The number of hydrogen-bond acceptors (Lipinski definition) is 6. The third-order valence-electron chi connectivity index (χ3n) is 4.63. The molecular formula is C25H29N3O6. The molecule has 0 unspecified atom stereocenters. The normalized spacial score (nSPS) is 11.9. The molecule has 2 aromatic carbocycles. The quantitative estimate of drug-likeness (QED) is 0.324. The molecule has 2 atom stereocenters. The molecule has 0 spiro atoms. The van der Waals surface area contributed by atoms with E-state index in [9.17, 15) is 19.2 Å². The summed E-state index contributed by atoms with van der Waals surface area (Å²) in [7, 11) is 0. The fourth-order valence-corrected chi connectivity index (χ4v) is 2.86. The van der Waals surface area contributed by atoms with Gasteiger partial charge in [-0.2, -0.15) is 0 Å². The summed E-state index contributed by atoms with van der Waals surface area (Å²) in [6.45, 7) is 4.64. The van der Waals surface area contributed by atoms with Crippen LogP contribution < -0.4 is 16.0 Å². The molecule has 0 bridgehead atoms. The van der Waals surface area contributed by atoms with Gasteiger partial charge in [0.1, 0.15) is 31.8 Å². The van der Waals surface area contributed by atoms with Crippen molar-refractivity contribution in [2.45, 2.75) is 32.0 Å². The van der Waals surface area contributed by atoms with Crippen molar-refractivity contribution in [2.75, 3.05) is 13.2 Å². The van der Waals surface area contributed by atoms with E-state index < -0.39 is 36.0 Å². The summed E-state index contributed by atoms with van der Waals surface area (Å²) in [4.78, 5) is 49.0. The van der Waals surface area contributed by atoms with Crippen LogP contribution in [0.5, 0.6) is 0 Å². The lowest BCUT2D eigenvalue weighted by Gasteiger charge is -2.21. The Hall–Kier alpha value is -4.14. The predicted octanol–water partition coefficient (Wildman–Crippen LogP) is 1.87. The number of esters is 1. The molecule has 3 amide bonds. The smallest absolute Gasteiger partial charge is 0.408 e. The van der Waals surface area contributed by atoms with Crippen molar-refractivity contribution >= 4 is 23.9 Å². The first kappa shape index (κ1) is 26.1. The minimum atomic E-state index is -0.988. The van der Waals surface area contributed by atoms with Crippen LogP contribution in [-0.4, -0.2) is 49.1 Å². The predicted molar refractivity (Wildman–Crippen MR) is 125 cm³/mol. The maximum absolute atomic E-state index is 12.9. The van der Waals surface area contributed by atoms with Gasteiger partial charge < -0.3 is 25.4 Å². The Balaban J connectivity index is 1.95. The van der Waals surface area contributed by atoms with Gasteiger partial charge >= 0.3 is 12.1 Å². The number of benzene rings is 2. The molecule has 0 aromatic heterocycles. The second-order valence-electron chi connectivity index (χ2n) is 7.37. The fraction of sp³-hybridized carbons (Fsp3) is 0.280. The van der Waals surface area contributed by atoms with Gasteiger partial charge in [0, 0.05) is 6.42 Å². The summed E-state index contributed by atoms with van der Waals surface area (Å²) in [5.74, 6) is -1.78. The average molecular weight is 468 g/mol. The molecule has 0 saturated carbocycles. The zero-order chi connectivity index (χ0) is 24.8. The summed E-state index contributed by atoms with van der Waals surface area (Å²) in [5.41, 5.74) is 1.62. The van der Waals surface area contributed by atoms with Crippen LogP contribution in [0.25, 0.3) is 0 Å². The molecule has 0 aliphatic heterocycles. The number of ether oxygens (including phenoxy) is 2. The van der Waals surface area contributed by atoms with E-state index >= 15 is 0 Å². The Labute approximate surface area is 198 Å². The molecule has 0 saturated heterocycles. The van der Waals surface area contributed by atoms with Gasteiger partial charge in [-0.15, -0.1) is 0 Å². The molecule has 0 fully saturated rings.